The Balaban J connectivity index is 1.77. The van der Waals surface area contributed by atoms with E-state index in [2.05, 4.69) is 11.2 Å². The maximum absolute atomic E-state index is 12.1. The monoisotopic (exact) mass is 381 g/mol. The van der Waals surface area contributed by atoms with Crippen LogP contribution in [0.1, 0.15) is 23.1 Å². The molecule has 0 saturated carbocycles. The van der Waals surface area contributed by atoms with Gasteiger partial charge >= 0.3 is 0 Å². The Kier molecular flexibility index (Phi) is 8.38. The molecule has 0 aliphatic rings. The van der Waals surface area contributed by atoms with E-state index in [1.807, 2.05) is 43.3 Å². The number of hydrogen-bond donors (Lipinski definition) is 2. The lowest BCUT2D eigenvalue weighted by Gasteiger charge is -2.13. The summed E-state index contributed by atoms with van der Waals surface area (Å²) in [4.78, 5) is 12.1. The molecule has 0 saturated heterocycles. The second-order valence-corrected chi connectivity index (χ2v) is 6.56. The molecule has 0 aliphatic heterocycles. The van der Waals surface area contributed by atoms with Crippen molar-refractivity contribution >= 4 is 5.91 Å². The van der Waals surface area contributed by atoms with Crippen molar-refractivity contribution in [2.45, 2.75) is 32.3 Å². The Morgan fingerprint density at radius 3 is 2.54 bits per heavy atom. The fourth-order valence-corrected chi connectivity index (χ4v) is 2.74. The van der Waals surface area contributed by atoms with Crippen LogP contribution in [-0.4, -0.2) is 37.4 Å². The Hall–Kier alpha value is -2.97. The van der Waals surface area contributed by atoms with Gasteiger partial charge in [-0.05, 0) is 49.4 Å². The van der Waals surface area contributed by atoms with Crippen molar-refractivity contribution in [1.29, 1.82) is 0 Å². The van der Waals surface area contributed by atoms with Gasteiger partial charge in [-0.25, -0.2) is 0 Å². The largest absolute Gasteiger partial charge is 0.493 e. The minimum Gasteiger partial charge on any atom is -0.493 e. The van der Waals surface area contributed by atoms with Gasteiger partial charge in [-0.2, -0.15) is 0 Å². The van der Waals surface area contributed by atoms with Crippen molar-refractivity contribution in [2.24, 2.45) is 0 Å². The van der Waals surface area contributed by atoms with E-state index in [9.17, 15) is 9.90 Å². The van der Waals surface area contributed by atoms with Crippen molar-refractivity contribution in [3.63, 3.8) is 0 Å². The Morgan fingerprint density at radius 2 is 1.86 bits per heavy atom. The molecule has 5 heteroatoms. The summed E-state index contributed by atoms with van der Waals surface area (Å²) in [6.45, 7) is 2.62. The number of terminal acetylenes is 1. The summed E-state index contributed by atoms with van der Waals surface area (Å²) >= 11 is 0. The van der Waals surface area contributed by atoms with E-state index in [1.165, 1.54) is 5.56 Å². The molecule has 1 amide bonds. The fraction of sp³-hybridized carbons (Fsp3) is 0.348. The smallest absolute Gasteiger partial charge is 0.248 e. The lowest BCUT2D eigenvalue weighted by Crippen LogP contribution is -2.36. The third kappa shape index (κ3) is 6.64. The van der Waals surface area contributed by atoms with Gasteiger partial charge in [0.25, 0.3) is 0 Å². The van der Waals surface area contributed by atoms with Crippen LogP contribution in [0.25, 0.3) is 0 Å². The maximum atomic E-state index is 12.1. The highest BCUT2D eigenvalue weighted by Gasteiger charge is 2.14. The van der Waals surface area contributed by atoms with E-state index in [1.54, 1.807) is 13.2 Å². The van der Waals surface area contributed by atoms with E-state index in [-0.39, 0.29) is 12.5 Å². The van der Waals surface area contributed by atoms with Gasteiger partial charge in [0.15, 0.2) is 11.5 Å². The maximum Gasteiger partial charge on any atom is 0.248 e. The third-order valence-corrected chi connectivity index (χ3v) is 4.38. The molecule has 0 heterocycles. The quantitative estimate of drug-likeness (QED) is 0.621. The zero-order chi connectivity index (χ0) is 20.4. The first kappa shape index (κ1) is 21.3. The number of carbonyl (C=O) groups excluding carboxylic acids is 1. The zero-order valence-corrected chi connectivity index (χ0v) is 16.4. The molecule has 0 fully saturated rings. The molecule has 1 atom stereocenters. The Labute approximate surface area is 166 Å². The number of rotatable bonds is 10. The van der Waals surface area contributed by atoms with Crippen LogP contribution >= 0.6 is 0 Å². The average molecular weight is 381 g/mol. The lowest BCUT2D eigenvalue weighted by atomic mass is 10.0. The van der Waals surface area contributed by atoms with Gasteiger partial charge in [-0.3, -0.25) is 4.79 Å². The highest BCUT2D eigenvalue weighted by Crippen LogP contribution is 2.28. The molecule has 2 N–H and O–H groups in total. The molecule has 28 heavy (non-hydrogen) atoms. The Morgan fingerprint density at radius 1 is 1.14 bits per heavy atom. The highest BCUT2D eigenvalue weighted by molar-refractivity contribution is 5.80. The van der Waals surface area contributed by atoms with E-state index in [0.717, 1.165) is 11.1 Å². The summed E-state index contributed by atoms with van der Waals surface area (Å²) in [5.74, 6) is 3.24. The molecule has 0 aliphatic carbocycles. The summed E-state index contributed by atoms with van der Waals surface area (Å²) in [5, 5.41) is 12.8. The molecular weight excluding hydrogens is 354 g/mol. The van der Waals surface area contributed by atoms with Gasteiger partial charge in [-0.15, -0.1) is 6.42 Å². The molecule has 5 nitrogen and oxygen atoms in total. The molecule has 0 unspecified atom stereocenters. The van der Waals surface area contributed by atoms with Crippen LogP contribution in [-0.2, 0) is 17.6 Å². The number of methoxy groups -OCH3 is 1. The second-order valence-electron chi connectivity index (χ2n) is 6.56. The summed E-state index contributed by atoms with van der Waals surface area (Å²) in [7, 11) is 1.56. The molecule has 0 radical (unpaired) electrons. The molecule has 2 rings (SSSR count). The van der Waals surface area contributed by atoms with Gasteiger partial charge in [0.1, 0.15) is 12.7 Å². The summed E-state index contributed by atoms with van der Waals surface area (Å²) in [6.07, 6.45) is 5.85. The summed E-state index contributed by atoms with van der Waals surface area (Å²) < 4.78 is 10.7. The first-order valence-electron chi connectivity index (χ1n) is 9.28. The standard InChI is InChI=1S/C23H27NO4/c1-4-15-28-21-12-10-19(16-22(21)27-3)13-14-24-23(26)20(25)11-9-18-7-5-17(2)6-8-18/h1,5-8,10,12,16,20,25H,9,11,13-15H2,2-3H3,(H,24,26)/t20-/m1/s1. The van der Waals surface area contributed by atoms with Crippen molar-refractivity contribution in [3.05, 3.63) is 59.2 Å². The van der Waals surface area contributed by atoms with Crippen LogP contribution in [0, 0.1) is 19.3 Å². The first-order chi connectivity index (χ1) is 13.5. The first-order valence-corrected chi connectivity index (χ1v) is 9.28. The number of aryl methyl sites for hydroxylation is 2. The predicted molar refractivity (Wildman–Crippen MR) is 110 cm³/mol. The van der Waals surface area contributed by atoms with Gasteiger partial charge in [0.2, 0.25) is 5.91 Å². The van der Waals surface area contributed by atoms with Crippen LogP contribution in [0.4, 0.5) is 0 Å². The highest BCUT2D eigenvalue weighted by atomic mass is 16.5. The number of aliphatic hydroxyl groups is 1. The van der Waals surface area contributed by atoms with Crippen molar-refractivity contribution in [1.82, 2.24) is 5.32 Å². The normalized spacial score (nSPS) is 11.4. The summed E-state index contributed by atoms with van der Waals surface area (Å²) in [6, 6.07) is 13.6. The molecule has 0 aromatic heterocycles. The third-order valence-electron chi connectivity index (χ3n) is 4.38. The number of carbonyl (C=O) groups is 1. The fourth-order valence-electron chi connectivity index (χ4n) is 2.74. The number of benzene rings is 2. The van der Waals surface area contributed by atoms with Gasteiger partial charge in [-0.1, -0.05) is 41.8 Å². The number of aliphatic hydroxyl groups excluding tert-OH is 1. The number of amides is 1. The van der Waals surface area contributed by atoms with Crippen LogP contribution in [0.5, 0.6) is 11.5 Å². The number of nitrogens with one attached hydrogen (secondary N) is 1. The minimum absolute atomic E-state index is 0.173. The molecule has 0 bridgehead atoms. The molecule has 0 spiro atoms. The minimum atomic E-state index is -1.02. The van der Waals surface area contributed by atoms with E-state index >= 15 is 0 Å². The molecule has 148 valence electrons. The van der Waals surface area contributed by atoms with Crippen LogP contribution in [0.3, 0.4) is 0 Å². The topological polar surface area (TPSA) is 67.8 Å². The predicted octanol–water partition coefficient (Wildman–Crippen LogP) is 2.67. The van der Waals surface area contributed by atoms with Crippen LogP contribution in [0.15, 0.2) is 42.5 Å². The zero-order valence-electron chi connectivity index (χ0n) is 16.4. The van der Waals surface area contributed by atoms with E-state index in [4.69, 9.17) is 15.9 Å². The lowest BCUT2D eigenvalue weighted by molar-refractivity contribution is -0.129. The van der Waals surface area contributed by atoms with Crippen molar-refractivity contribution < 1.29 is 19.4 Å². The average Bonchev–Trinajstić information content (AvgIpc) is 2.71. The van der Waals surface area contributed by atoms with Crippen molar-refractivity contribution in [3.8, 4) is 23.8 Å². The molecule has 2 aromatic rings. The van der Waals surface area contributed by atoms with Gasteiger partial charge in [0, 0.05) is 6.54 Å². The van der Waals surface area contributed by atoms with Crippen molar-refractivity contribution in [2.75, 3.05) is 20.3 Å². The van der Waals surface area contributed by atoms with Gasteiger partial charge < -0.3 is 19.9 Å². The number of hydrogen-bond acceptors (Lipinski definition) is 4. The Bertz CT molecular complexity index is 808. The van der Waals surface area contributed by atoms with Crippen LogP contribution in [0.2, 0.25) is 0 Å². The van der Waals surface area contributed by atoms with Crippen LogP contribution < -0.4 is 14.8 Å². The van der Waals surface area contributed by atoms with Gasteiger partial charge in [0.05, 0.1) is 7.11 Å². The number of ether oxygens (including phenoxy) is 2. The molecular formula is C23H27NO4. The van der Waals surface area contributed by atoms with E-state index < -0.39 is 6.10 Å². The summed E-state index contributed by atoms with van der Waals surface area (Å²) in [5.41, 5.74) is 3.28. The SMILES string of the molecule is C#CCOc1ccc(CCNC(=O)[C@H](O)CCc2ccc(C)cc2)cc1OC. The molecule has 2 aromatic carbocycles. The van der Waals surface area contributed by atoms with E-state index in [0.29, 0.717) is 37.3 Å². The second kappa shape index (κ2) is 11.0.